The van der Waals surface area contributed by atoms with E-state index in [1.807, 2.05) is 18.2 Å². The van der Waals surface area contributed by atoms with Crippen molar-refractivity contribution in [3.63, 3.8) is 0 Å². The number of hydrogen-bond acceptors (Lipinski definition) is 3. The molecular formula is C15H22N2O2. The predicted molar refractivity (Wildman–Crippen MR) is 73.2 cm³/mol. The summed E-state index contributed by atoms with van der Waals surface area (Å²) >= 11 is 0. The lowest BCUT2D eigenvalue weighted by Gasteiger charge is -2.27. The fraction of sp³-hybridized carbons (Fsp3) is 0.600. The maximum absolute atomic E-state index is 12.0. The molecule has 1 aliphatic carbocycles. The van der Waals surface area contributed by atoms with Gasteiger partial charge in [-0.3, -0.25) is 9.78 Å². The van der Waals surface area contributed by atoms with Gasteiger partial charge in [-0.25, -0.2) is 0 Å². The van der Waals surface area contributed by atoms with Gasteiger partial charge in [0.1, 0.15) is 0 Å². The van der Waals surface area contributed by atoms with Crippen LogP contribution in [0.15, 0.2) is 24.4 Å². The number of nitrogens with one attached hydrogen (secondary N) is 1. The molecule has 0 atom stereocenters. The predicted octanol–water partition coefficient (Wildman–Crippen LogP) is 1.89. The first kappa shape index (κ1) is 14.0. The Morgan fingerprint density at radius 2 is 2.11 bits per heavy atom. The molecule has 0 aliphatic heterocycles. The molecule has 1 aliphatic rings. The van der Waals surface area contributed by atoms with Gasteiger partial charge in [-0.1, -0.05) is 6.07 Å². The Hall–Kier alpha value is -1.42. The van der Waals surface area contributed by atoms with Gasteiger partial charge in [-0.2, -0.15) is 0 Å². The minimum Gasteiger partial charge on any atom is -0.396 e. The molecule has 0 bridgehead atoms. The lowest BCUT2D eigenvalue weighted by Crippen LogP contribution is -2.33. The van der Waals surface area contributed by atoms with E-state index in [0.717, 1.165) is 37.8 Å². The highest BCUT2D eigenvalue weighted by molar-refractivity contribution is 5.78. The summed E-state index contributed by atoms with van der Waals surface area (Å²) in [4.78, 5) is 16.2. The minimum atomic E-state index is 0.138. The zero-order chi connectivity index (χ0) is 13.5. The molecule has 19 heavy (non-hydrogen) atoms. The number of aliphatic hydroxyl groups is 1. The van der Waals surface area contributed by atoms with Gasteiger partial charge in [0.15, 0.2) is 0 Å². The molecule has 1 aromatic heterocycles. The molecule has 0 radical (unpaired) electrons. The van der Waals surface area contributed by atoms with E-state index in [2.05, 4.69) is 10.3 Å². The van der Waals surface area contributed by atoms with Crippen LogP contribution in [0.5, 0.6) is 0 Å². The summed E-state index contributed by atoms with van der Waals surface area (Å²) in [6.45, 7) is 0.775. The number of rotatable bonds is 5. The van der Waals surface area contributed by atoms with E-state index in [1.165, 1.54) is 0 Å². The third kappa shape index (κ3) is 4.31. The zero-order valence-electron chi connectivity index (χ0n) is 11.2. The highest BCUT2D eigenvalue weighted by Crippen LogP contribution is 2.30. The molecule has 1 aromatic rings. The number of aliphatic hydroxyl groups excluding tert-OH is 1. The molecule has 2 N–H and O–H groups in total. The van der Waals surface area contributed by atoms with Gasteiger partial charge >= 0.3 is 0 Å². The second-order valence-corrected chi connectivity index (χ2v) is 5.27. The molecule has 1 fully saturated rings. The molecule has 104 valence electrons. The van der Waals surface area contributed by atoms with Crippen LogP contribution in [0.4, 0.5) is 0 Å². The highest BCUT2D eigenvalue weighted by atomic mass is 16.3. The largest absolute Gasteiger partial charge is 0.396 e. The molecule has 0 aromatic carbocycles. The molecule has 4 nitrogen and oxygen atoms in total. The van der Waals surface area contributed by atoms with Crippen molar-refractivity contribution in [1.82, 2.24) is 10.3 Å². The van der Waals surface area contributed by atoms with Crippen molar-refractivity contribution < 1.29 is 9.90 Å². The average molecular weight is 262 g/mol. The van der Waals surface area contributed by atoms with E-state index >= 15 is 0 Å². The number of nitrogens with zero attached hydrogens (tertiary/aromatic N) is 1. The lowest BCUT2D eigenvalue weighted by atomic mass is 9.80. The maximum Gasteiger partial charge on any atom is 0.223 e. The van der Waals surface area contributed by atoms with Crippen molar-refractivity contribution in [2.45, 2.75) is 38.6 Å². The molecule has 0 unspecified atom stereocenters. The molecule has 0 saturated heterocycles. The Morgan fingerprint density at radius 3 is 2.74 bits per heavy atom. The first-order chi connectivity index (χ1) is 9.29. The van der Waals surface area contributed by atoms with E-state index in [-0.39, 0.29) is 18.4 Å². The second-order valence-electron chi connectivity index (χ2n) is 5.27. The first-order valence-corrected chi connectivity index (χ1v) is 7.08. The van der Waals surface area contributed by atoms with Gasteiger partial charge in [-0.05, 0) is 50.2 Å². The number of aromatic nitrogens is 1. The quantitative estimate of drug-likeness (QED) is 0.851. The first-order valence-electron chi connectivity index (χ1n) is 7.08. The third-order valence-electron chi connectivity index (χ3n) is 3.92. The molecule has 1 heterocycles. The van der Waals surface area contributed by atoms with Crippen LogP contribution in [-0.4, -0.2) is 22.6 Å². The van der Waals surface area contributed by atoms with Gasteiger partial charge in [0, 0.05) is 18.7 Å². The Labute approximate surface area is 114 Å². The summed E-state index contributed by atoms with van der Waals surface area (Å²) in [5, 5.41) is 11.9. The SMILES string of the molecule is O=C(NCc1ccccn1)C1CCC(CCO)CC1. The van der Waals surface area contributed by atoms with E-state index in [9.17, 15) is 4.79 Å². The summed E-state index contributed by atoms with van der Waals surface area (Å²) in [6, 6.07) is 5.71. The Balaban J connectivity index is 1.73. The van der Waals surface area contributed by atoms with Crippen LogP contribution in [0.1, 0.15) is 37.8 Å². The Morgan fingerprint density at radius 1 is 1.32 bits per heavy atom. The highest BCUT2D eigenvalue weighted by Gasteiger charge is 2.25. The normalized spacial score (nSPS) is 23.0. The number of hydrogen-bond donors (Lipinski definition) is 2. The van der Waals surface area contributed by atoms with Crippen molar-refractivity contribution in [2.24, 2.45) is 11.8 Å². The monoisotopic (exact) mass is 262 g/mol. The van der Waals surface area contributed by atoms with Gasteiger partial charge in [0.2, 0.25) is 5.91 Å². The van der Waals surface area contributed by atoms with E-state index in [1.54, 1.807) is 6.20 Å². The summed E-state index contributed by atoms with van der Waals surface area (Å²) < 4.78 is 0. The maximum atomic E-state index is 12.0. The summed E-state index contributed by atoms with van der Waals surface area (Å²) in [6.07, 6.45) is 6.62. The van der Waals surface area contributed by atoms with Crippen LogP contribution in [0.3, 0.4) is 0 Å². The van der Waals surface area contributed by atoms with E-state index in [0.29, 0.717) is 12.5 Å². The standard InChI is InChI=1S/C15H22N2O2/c18-10-8-12-4-6-13(7-5-12)15(19)17-11-14-3-1-2-9-16-14/h1-3,9,12-13,18H,4-8,10-11H2,(H,17,19). The summed E-state index contributed by atoms with van der Waals surface area (Å²) in [5.74, 6) is 0.886. The van der Waals surface area contributed by atoms with Gasteiger partial charge < -0.3 is 10.4 Å². The van der Waals surface area contributed by atoms with Crippen molar-refractivity contribution in [3.8, 4) is 0 Å². The molecule has 0 spiro atoms. The fourth-order valence-electron chi connectivity index (χ4n) is 2.72. The Bertz CT molecular complexity index is 386. The average Bonchev–Trinajstić information content (AvgIpc) is 2.47. The fourth-order valence-corrected chi connectivity index (χ4v) is 2.72. The van der Waals surface area contributed by atoms with Crippen LogP contribution in [0, 0.1) is 11.8 Å². The second kappa shape index (κ2) is 7.24. The Kier molecular flexibility index (Phi) is 5.33. The summed E-state index contributed by atoms with van der Waals surface area (Å²) in [5.41, 5.74) is 0.893. The number of pyridine rings is 1. The smallest absolute Gasteiger partial charge is 0.223 e. The third-order valence-corrected chi connectivity index (χ3v) is 3.92. The number of amides is 1. The molecular weight excluding hydrogens is 240 g/mol. The van der Waals surface area contributed by atoms with Crippen molar-refractivity contribution in [1.29, 1.82) is 0 Å². The molecule has 1 saturated carbocycles. The summed E-state index contributed by atoms with van der Waals surface area (Å²) in [7, 11) is 0. The molecule has 2 rings (SSSR count). The molecule has 4 heteroatoms. The minimum absolute atomic E-state index is 0.138. The van der Waals surface area contributed by atoms with E-state index in [4.69, 9.17) is 5.11 Å². The van der Waals surface area contributed by atoms with Crippen LogP contribution in [-0.2, 0) is 11.3 Å². The van der Waals surface area contributed by atoms with Crippen molar-refractivity contribution in [2.75, 3.05) is 6.61 Å². The van der Waals surface area contributed by atoms with Gasteiger partial charge in [0.05, 0.1) is 12.2 Å². The van der Waals surface area contributed by atoms with Crippen LogP contribution in [0.25, 0.3) is 0 Å². The zero-order valence-corrected chi connectivity index (χ0v) is 11.2. The van der Waals surface area contributed by atoms with Crippen molar-refractivity contribution >= 4 is 5.91 Å². The van der Waals surface area contributed by atoms with E-state index < -0.39 is 0 Å². The molecule has 1 amide bonds. The van der Waals surface area contributed by atoms with Crippen LogP contribution < -0.4 is 5.32 Å². The van der Waals surface area contributed by atoms with Gasteiger partial charge in [0.25, 0.3) is 0 Å². The number of carbonyl (C=O) groups excluding carboxylic acids is 1. The number of carbonyl (C=O) groups is 1. The van der Waals surface area contributed by atoms with Gasteiger partial charge in [-0.15, -0.1) is 0 Å². The van der Waals surface area contributed by atoms with Crippen LogP contribution in [0.2, 0.25) is 0 Å². The van der Waals surface area contributed by atoms with Crippen LogP contribution >= 0.6 is 0 Å². The van der Waals surface area contributed by atoms with Crippen molar-refractivity contribution in [3.05, 3.63) is 30.1 Å². The lowest BCUT2D eigenvalue weighted by molar-refractivity contribution is -0.126. The topological polar surface area (TPSA) is 62.2 Å².